The Balaban J connectivity index is 1.75. The van der Waals surface area contributed by atoms with Crippen LogP contribution in [0.25, 0.3) is 0 Å². The van der Waals surface area contributed by atoms with E-state index in [4.69, 9.17) is 9.47 Å². The largest absolute Gasteiger partial charge is 0.497 e. The van der Waals surface area contributed by atoms with Crippen LogP contribution in [0.5, 0.6) is 11.5 Å². The van der Waals surface area contributed by atoms with Crippen molar-refractivity contribution in [1.82, 2.24) is 5.32 Å². The lowest BCUT2D eigenvalue weighted by atomic mass is 10.2. The maximum Gasteiger partial charge on any atom is 0.258 e. The van der Waals surface area contributed by atoms with Crippen LogP contribution in [0, 0.1) is 0 Å². The quantitative estimate of drug-likeness (QED) is 0.796. The van der Waals surface area contributed by atoms with Crippen LogP contribution in [0.15, 0.2) is 48.5 Å². The van der Waals surface area contributed by atoms with Crippen LogP contribution in [-0.4, -0.2) is 25.9 Å². The number of carbonyl (C=O) groups excluding carboxylic acids is 2. The SMILES string of the molecule is COc1ccc(CNC(=O)COc2ccc(C=O)cc2)cc1. The molecule has 0 aliphatic rings. The highest BCUT2D eigenvalue weighted by Gasteiger charge is 2.03. The average molecular weight is 299 g/mol. The van der Waals surface area contributed by atoms with E-state index in [0.717, 1.165) is 17.6 Å². The highest BCUT2D eigenvalue weighted by atomic mass is 16.5. The molecule has 114 valence electrons. The zero-order valence-corrected chi connectivity index (χ0v) is 12.2. The lowest BCUT2D eigenvalue weighted by Crippen LogP contribution is -2.28. The van der Waals surface area contributed by atoms with E-state index in [-0.39, 0.29) is 12.5 Å². The average Bonchev–Trinajstić information content (AvgIpc) is 2.59. The van der Waals surface area contributed by atoms with Gasteiger partial charge in [-0.15, -0.1) is 0 Å². The van der Waals surface area contributed by atoms with Crippen molar-refractivity contribution < 1.29 is 19.1 Å². The van der Waals surface area contributed by atoms with Crippen molar-refractivity contribution in [2.45, 2.75) is 6.54 Å². The van der Waals surface area contributed by atoms with E-state index in [1.165, 1.54) is 0 Å². The summed E-state index contributed by atoms with van der Waals surface area (Å²) in [7, 11) is 1.61. The first-order chi connectivity index (χ1) is 10.7. The van der Waals surface area contributed by atoms with Crippen LogP contribution in [-0.2, 0) is 11.3 Å². The summed E-state index contributed by atoms with van der Waals surface area (Å²) in [6.07, 6.45) is 0.755. The molecule has 0 saturated heterocycles. The molecular formula is C17H17NO4. The van der Waals surface area contributed by atoms with Crippen LogP contribution >= 0.6 is 0 Å². The Morgan fingerprint density at radius 1 is 1.05 bits per heavy atom. The third-order valence-electron chi connectivity index (χ3n) is 3.03. The predicted molar refractivity (Wildman–Crippen MR) is 82.2 cm³/mol. The molecule has 0 aromatic heterocycles. The fourth-order valence-corrected chi connectivity index (χ4v) is 1.79. The first kappa shape index (κ1) is 15.6. The van der Waals surface area contributed by atoms with Crippen LogP contribution in [0.4, 0.5) is 0 Å². The van der Waals surface area contributed by atoms with Crippen molar-refractivity contribution in [2.24, 2.45) is 0 Å². The van der Waals surface area contributed by atoms with Crippen molar-refractivity contribution in [1.29, 1.82) is 0 Å². The maximum absolute atomic E-state index is 11.7. The monoisotopic (exact) mass is 299 g/mol. The molecule has 0 spiro atoms. The Morgan fingerprint density at radius 2 is 1.68 bits per heavy atom. The summed E-state index contributed by atoms with van der Waals surface area (Å²) in [4.78, 5) is 22.3. The summed E-state index contributed by atoms with van der Waals surface area (Å²) in [6.45, 7) is 0.354. The van der Waals surface area contributed by atoms with Gasteiger partial charge in [-0.2, -0.15) is 0 Å². The number of aldehydes is 1. The third-order valence-corrected chi connectivity index (χ3v) is 3.03. The summed E-state index contributed by atoms with van der Waals surface area (Å²) in [5, 5.41) is 2.77. The van der Waals surface area contributed by atoms with Crippen LogP contribution in [0.2, 0.25) is 0 Å². The van der Waals surface area contributed by atoms with Gasteiger partial charge in [-0.1, -0.05) is 12.1 Å². The van der Waals surface area contributed by atoms with Gasteiger partial charge in [0.25, 0.3) is 5.91 Å². The van der Waals surface area contributed by atoms with E-state index in [2.05, 4.69) is 5.32 Å². The third kappa shape index (κ3) is 4.63. The fraction of sp³-hybridized carbons (Fsp3) is 0.176. The summed E-state index contributed by atoms with van der Waals surface area (Å²) < 4.78 is 10.4. The second-order valence-corrected chi connectivity index (χ2v) is 4.60. The highest BCUT2D eigenvalue weighted by molar-refractivity contribution is 5.77. The number of nitrogens with one attached hydrogen (secondary N) is 1. The van der Waals surface area contributed by atoms with Gasteiger partial charge in [0.2, 0.25) is 0 Å². The van der Waals surface area contributed by atoms with Gasteiger partial charge in [0, 0.05) is 12.1 Å². The molecule has 0 heterocycles. The molecule has 22 heavy (non-hydrogen) atoms. The van der Waals surface area contributed by atoms with E-state index < -0.39 is 0 Å². The Labute approximate surface area is 128 Å². The molecule has 0 aliphatic heterocycles. The minimum Gasteiger partial charge on any atom is -0.497 e. The molecule has 0 unspecified atom stereocenters. The number of hydrogen-bond acceptors (Lipinski definition) is 4. The van der Waals surface area contributed by atoms with Crippen LogP contribution < -0.4 is 14.8 Å². The molecule has 2 rings (SSSR count). The Hall–Kier alpha value is -2.82. The zero-order chi connectivity index (χ0) is 15.8. The van der Waals surface area contributed by atoms with Gasteiger partial charge < -0.3 is 14.8 Å². The summed E-state index contributed by atoms with van der Waals surface area (Å²) in [5.41, 5.74) is 1.54. The summed E-state index contributed by atoms with van der Waals surface area (Å²) in [5.74, 6) is 1.11. The zero-order valence-electron chi connectivity index (χ0n) is 12.2. The smallest absolute Gasteiger partial charge is 0.258 e. The first-order valence-electron chi connectivity index (χ1n) is 6.79. The molecule has 5 nitrogen and oxygen atoms in total. The number of ether oxygens (including phenoxy) is 2. The summed E-state index contributed by atoms with van der Waals surface area (Å²) >= 11 is 0. The Bertz CT molecular complexity index is 620. The van der Waals surface area contributed by atoms with Crippen molar-refractivity contribution in [3.63, 3.8) is 0 Å². The standard InChI is InChI=1S/C17H17NO4/c1-21-15-6-2-13(3-7-15)10-18-17(20)12-22-16-8-4-14(11-19)5-9-16/h2-9,11H,10,12H2,1H3,(H,18,20). The molecule has 5 heteroatoms. The molecular weight excluding hydrogens is 282 g/mol. The normalized spacial score (nSPS) is 9.86. The van der Waals surface area contributed by atoms with Gasteiger partial charge >= 0.3 is 0 Å². The van der Waals surface area contributed by atoms with Crippen LogP contribution in [0.1, 0.15) is 15.9 Å². The molecule has 2 aromatic rings. The van der Waals surface area contributed by atoms with Crippen molar-refractivity contribution in [3.8, 4) is 11.5 Å². The van der Waals surface area contributed by atoms with Gasteiger partial charge in [-0.25, -0.2) is 0 Å². The second-order valence-electron chi connectivity index (χ2n) is 4.60. The van der Waals surface area contributed by atoms with Gasteiger partial charge in [0.05, 0.1) is 7.11 Å². The molecule has 0 aliphatic carbocycles. The van der Waals surface area contributed by atoms with Crippen molar-refractivity contribution in [3.05, 3.63) is 59.7 Å². The van der Waals surface area contributed by atoms with Gasteiger partial charge in [0.1, 0.15) is 17.8 Å². The van der Waals surface area contributed by atoms with Crippen molar-refractivity contribution in [2.75, 3.05) is 13.7 Å². The molecule has 1 amide bonds. The number of rotatable bonds is 7. The Morgan fingerprint density at radius 3 is 2.27 bits per heavy atom. The van der Waals surface area contributed by atoms with E-state index in [0.29, 0.717) is 17.9 Å². The van der Waals surface area contributed by atoms with Gasteiger partial charge in [-0.3, -0.25) is 9.59 Å². The van der Waals surface area contributed by atoms with E-state index in [1.54, 1.807) is 31.4 Å². The Kier molecular flexibility index (Phi) is 5.54. The molecule has 0 saturated carbocycles. The minimum absolute atomic E-state index is 0.0728. The molecule has 0 atom stereocenters. The summed E-state index contributed by atoms with van der Waals surface area (Å²) in [6, 6.07) is 14.0. The van der Waals surface area contributed by atoms with Gasteiger partial charge in [0.15, 0.2) is 6.61 Å². The molecule has 1 N–H and O–H groups in total. The number of methoxy groups -OCH3 is 1. The van der Waals surface area contributed by atoms with E-state index in [1.807, 2.05) is 24.3 Å². The molecule has 0 fully saturated rings. The minimum atomic E-state index is -0.213. The van der Waals surface area contributed by atoms with Gasteiger partial charge in [-0.05, 0) is 42.0 Å². The number of benzene rings is 2. The predicted octanol–water partition coefficient (Wildman–Crippen LogP) is 2.20. The molecule has 0 bridgehead atoms. The molecule has 2 aromatic carbocycles. The fourth-order valence-electron chi connectivity index (χ4n) is 1.79. The molecule has 0 radical (unpaired) electrons. The number of carbonyl (C=O) groups is 2. The maximum atomic E-state index is 11.7. The first-order valence-corrected chi connectivity index (χ1v) is 6.79. The second kappa shape index (κ2) is 7.83. The highest BCUT2D eigenvalue weighted by Crippen LogP contribution is 2.12. The lowest BCUT2D eigenvalue weighted by molar-refractivity contribution is -0.123. The topological polar surface area (TPSA) is 64.6 Å². The number of hydrogen-bond donors (Lipinski definition) is 1. The van der Waals surface area contributed by atoms with Crippen LogP contribution in [0.3, 0.4) is 0 Å². The van der Waals surface area contributed by atoms with E-state index >= 15 is 0 Å². The van der Waals surface area contributed by atoms with E-state index in [9.17, 15) is 9.59 Å². The lowest BCUT2D eigenvalue weighted by Gasteiger charge is -2.08. The number of amides is 1. The van der Waals surface area contributed by atoms with Crippen molar-refractivity contribution >= 4 is 12.2 Å².